The van der Waals surface area contributed by atoms with Crippen LogP contribution in [-0.2, 0) is 32.6 Å². The van der Waals surface area contributed by atoms with Gasteiger partial charge in [0, 0.05) is 20.0 Å². The average molecular weight is 540 g/mol. The smallest absolute Gasteiger partial charge is 0.244 e. The summed E-state index contributed by atoms with van der Waals surface area (Å²) in [6.07, 6.45) is 1.26. The number of rotatable bonds is 11. The lowest BCUT2D eigenvalue weighted by molar-refractivity contribution is -0.139. The molecule has 3 aromatic rings. The molecular weight excluding hydrogens is 505 g/mol. The predicted molar refractivity (Wildman–Crippen MR) is 148 cm³/mol. The molecule has 0 saturated heterocycles. The molecule has 3 aromatic carbocycles. The fourth-order valence-corrected chi connectivity index (χ4v) is 5.00. The van der Waals surface area contributed by atoms with E-state index in [1.165, 1.54) is 36.2 Å². The standard InChI is InChI=1S/C29H34FN3O4S/c1-21(2)24-12-16-26(17-13-24)33(38(4,36)37)20-28(34)32(19-23-10-14-25(30)15-11-23)27(29(35)31-3)18-22-8-6-5-7-9-22/h5-17,21,27H,18-20H2,1-4H3,(H,31,35)/t27-/m0/s1. The van der Waals surface area contributed by atoms with E-state index in [-0.39, 0.29) is 18.9 Å². The van der Waals surface area contributed by atoms with Crippen molar-refractivity contribution < 1.29 is 22.4 Å². The lowest BCUT2D eigenvalue weighted by atomic mass is 10.0. The summed E-state index contributed by atoms with van der Waals surface area (Å²) in [7, 11) is -2.35. The number of halogens is 1. The Bertz CT molecular complexity index is 1330. The third kappa shape index (κ3) is 7.64. The van der Waals surface area contributed by atoms with E-state index in [9.17, 15) is 22.4 Å². The number of carbonyl (C=O) groups is 2. The Hall–Kier alpha value is -3.72. The van der Waals surface area contributed by atoms with Gasteiger partial charge in [0.1, 0.15) is 18.4 Å². The first-order valence-electron chi connectivity index (χ1n) is 12.4. The molecule has 0 radical (unpaired) electrons. The van der Waals surface area contributed by atoms with Gasteiger partial charge in [-0.2, -0.15) is 0 Å². The minimum absolute atomic E-state index is 0.00603. The van der Waals surface area contributed by atoms with Crippen molar-refractivity contribution in [1.82, 2.24) is 10.2 Å². The van der Waals surface area contributed by atoms with Crippen LogP contribution in [0.15, 0.2) is 78.9 Å². The van der Waals surface area contributed by atoms with E-state index in [0.29, 0.717) is 11.3 Å². The highest BCUT2D eigenvalue weighted by Gasteiger charge is 2.32. The SMILES string of the molecule is CNC(=O)[C@H](Cc1ccccc1)N(Cc1ccc(F)cc1)C(=O)CN(c1ccc(C(C)C)cc1)S(C)(=O)=O. The van der Waals surface area contributed by atoms with Gasteiger partial charge in [-0.15, -0.1) is 0 Å². The van der Waals surface area contributed by atoms with Crippen LogP contribution < -0.4 is 9.62 Å². The summed E-state index contributed by atoms with van der Waals surface area (Å²) in [6, 6.07) is 21.0. The first kappa shape index (κ1) is 28.8. The molecule has 0 aliphatic carbocycles. The third-order valence-electron chi connectivity index (χ3n) is 6.31. The summed E-state index contributed by atoms with van der Waals surface area (Å²) >= 11 is 0. The van der Waals surface area contributed by atoms with E-state index in [0.717, 1.165) is 21.7 Å². The van der Waals surface area contributed by atoms with Crippen molar-refractivity contribution in [1.29, 1.82) is 0 Å². The van der Waals surface area contributed by atoms with Gasteiger partial charge >= 0.3 is 0 Å². The van der Waals surface area contributed by atoms with Crippen LogP contribution in [0.5, 0.6) is 0 Å². The average Bonchev–Trinajstić information content (AvgIpc) is 2.89. The lowest BCUT2D eigenvalue weighted by Gasteiger charge is -2.33. The molecular formula is C29H34FN3O4S. The quantitative estimate of drug-likeness (QED) is 0.398. The van der Waals surface area contributed by atoms with Crippen LogP contribution in [0.25, 0.3) is 0 Å². The number of amides is 2. The molecule has 1 atom stereocenters. The number of likely N-dealkylation sites (N-methyl/N-ethyl adjacent to an activating group) is 1. The van der Waals surface area contributed by atoms with Crippen LogP contribution in [0.2, 0.25) is 0 Å². The van der Waals surface area contributed by atoms with Crippen molar-refractivity contribution >= 4 is 27.5 Å². The second kappa shape index (κ2) is 12.7. The topological polar surface area (TPSA) is 86.8 Å². The molecule has 0 heterocycles. The number of anilines is 1. The van der Waals surface area contributed by atoms with Crippen LogP contribution in [0.4, 0.5) is 10.1 Å². The fourth-order valence-electron chi connectivity index (χ4n) is 4.15. The molecule has 0 aromatic heterocycles. The second-order valence-corrected chi connectivity index (χ2v) is 11.4. The number of nitrogens with zero attached hydrogens (tertiary/aromatic N) is 2. The van der Waals surface area contributed by atoms with Crippen LogP contribution in [0.3, 0.4) is 0 Å². The number of hydrogen-bond acceptors (Lipinski definition) is 4. The predicted octanol–water partition coefficient (Wildman–Crippen LogP) is 4.10. The van der Waals surface area contributed by atoms with E-state index < -0.39 is 40.2 Å². The van der Waals surface area contributed by atoms with E-state index in [4.69, 9.17) is 0 Å². The molecule has 202 valence electrons. The molecule has 7 nitrogen and oxygen atoms in total. The number of sulfonamides is 1. The summed E-state index contributed by atoms with van der Waals surface area (Å²) in [5, 5.41) is 2.62. The molecule has 2 amide bonds. The zero-order valence-corrected chi connectivity index (χ0v) is 22.9. The Balaban J connectivity index is 2.00. The van der Waals surface area contributed by atoms with Crippen molar-refractivity contribution in [3.63, 3.8) is 0 Å². The van der Waals surface area contributed by atoms with Crippen molar-refractivity contribution in [2.45, 2.75) is 38.8 Å². The van der Waals surface area contributed by atoms with Gasteiger partial charge < -0.3 is 10.2 Å². The number of hydrogen-bond donors (Lipinski definition) is 1. The van der Waals surface area contributed by atoms with Gasteiger partial charge in [0.2, 0.25) is 21.8 Å². The van der Waals surface area contributed by atoms with Gasteiger partial charge in [0.15, 0.2) is 0 Å². The molecule has 0 saturated carbocycles. The van der Waals surface area contributed by atoms with E-state index in [1.807, 2.05) is 56.3 Å². The molecule has 3 rings (SSSR count). The maximum Gasteiger partial charge on any atom is 0.244 e. The van der Waals surface area contributed by atoms with E-state index in [2.05, 4.69) is 5.32 Å². The highest BCUT2D eigenvalue weighted by Crippen LogP contribution is 2.23. The van der Waals surface area contributed by atoms with Crippen molar-refractivity contribution in [3.8, 4) is 0 Å². The molecule has 0 unspecified atom stereocenters. The van der Waals surface area contributed by atoms with Crippen LogP contribution in [0.1, 0.15) is 36.5 Å². The Labute approximate surface area is 224 Å². The van der Waals surface area contributed by atoms with Crippen molar-refractivity contribution in [2.75, 3.05) is 24.2 Å². The molecule has 0 aliphatic heterocycles. The Kier molecular flexibility index (Phi) is 9.63. The van der Waals surface area contributed by atoms with Crippen molar-refractivity contribution in [3.05, 3.63) is 101 Å². The third-order valence-corrected chi connectivity index (χ3v) is 7.45. The first-order valence-corrected chi connectivity index (χ1v) is 14.2. The van der Waals surface area contributed by atoms with E-state index >= 15 is 0 Å². The van der Waals surface area contributed by atoms with Crippen LogP contribution >= 0.6 is 0 Å². The Morgan fingerprint density at radius 1 is 0.895 bits per heavy atom. The first-order chi connectivity index (χ1) is 18.0. The Morgan fingerprint density at radius 2 is 1.50 bits per heavy atom. The summed E-state index contributed by atoms with van der Waals surface area (Å²) in [5.41, 5.74) is 2.83. The second-order valence-electron chi connectivity index (χ2n) is 9.48. The normalized spacial score (nSPS) is 12.2. The summed E-state index contributed by atoms with van der Waals surface area (Å²) in [6.45, 7) is 3.56. The van der Waals surface area contributed by atoms with Gasteiger partial charge in [-0.25, -0.2) is 12.8 Å². The maximum absolute atomic E-state index is 13.8. The van der Waals surface area contributed by atoms with Gasteiger partial charge in [-0.05, 0) is 46.9 Å². The summed E-state index contributed by atoms with van der Waals surface area (Å²) in [4.78, 5) is 28.3. The zero-order valence-electron chi connectivity index (χ0n) is 22.1. The van der Waals surface area contributed by atoms with Crippen molar-refractivity contribution in [2.24, 2.45) is 0 Å². The fraction of sp³-hybridized carbons (Fsp3) is 0.310. The number of nitrogens with one attached hydrogen (secondary N) is 1. The zero-order chi connectivity index (χ0) is 27.9. The highest BCUT2D eigenvalue weighted by atomic mass is 32.2. The molecule has 1 N–H and O–H groups in total. The van der Waals surface area contributed by atoms with Crippen LogP contribution in [-0.4, -0.2) is 51.0 Å². The van der Waals surface area contributed by atoms with Crippen LogP contribution in [0, 0.1) is 5.82 Å². The minimum Gasteiger partial charge on any atom is -0.357 e. The summed E-state index contributed by atoms with van der Waals surface area (Å²) in [5.74, 6) is -1.12. The molecule has 9 heteroatoms. The molecule has 38 heavy (non-hydrogen) atoms. The largest absolute Gasteiger partial charge is 0.357 e. The maximum atomic E-state index is 13.8. The Morgan fingerprint density at radius 3 is 2.03 bits per heavy atom. The van der Waals surface area contributed by atoms with E-state index in [1.54, 1.807) is 12.1 Å². The summed E-state index contributed by atoms with van der Waals surface area (Å²) < 4.78 is 40.2. The molecule has 0 aliphatic rings. The highest BCUT2D eigenvalue weighted by molar-refractivity contribution is 7.92. The van der Waals surface area contributed by atoms with Gasteiger partial charge in [0.05, 0.1) is 11.9 Å². The molecule has 0 fully saturated rings. The molecule has 0 bridgehead atoms. The molecule has 0 spiro atoms. The van der Waals surface area contributed by atoms with Gasteiger partial charge in [-0.1, -0.05) is 68.4 Å². The minimum atomic E-state index is -3.83. The lowest BCUT2D eigenvalue weighted by Crippen LogP contribution is -2.52. The monoisotopic (exact) mass is 539 g/mol. The van der Waals surface area contributed by atoms with Gasteiger partial charge in [-0.3, -0.25) is 13.9 Å². The number of benzene rings is 3. The number of carbonyl (C=O) groups excluding carboxylic acids is 2. The van der Waals surface area contributed by atoms with Gasteiger partial charge in [0.25, 0.3) is 0 Å².